The molecule has 0 saturated heterocycles. The predicted octanol–water partition coefficient (Wildman–Crippen LogP) is 4.58. The second-order valence-electron chi connectivity index (χ2n) is 6.31. The van der Waals surface area contributed by atoms with E-state index >= 15 is 0 Å². The third-order valence-electron chi connectivity index (χ3n) is 4.02. The van der Waals surface area contributed by atoms with Gasteiger partial charge in [0.25, 0.3) is 11.8 Å². The highest BCUT2D eigenvalue weighted by Crippen LogP contribution is 2.23. The number of carbonyl (C=O) groups excluding carboxylic acids is 2. The molecule has 1 heterocycles. The van der Waals surface area contributed by atoms with Gasteiger partial charge in [-0.05, 0) is 72.6 Å². The molecule has 31 heavy (non-hydrogen) atoms. The van der Waals surface area contributed by atoms with Gasteiger partial charge >= 0.3 is 0 Å². The van der Waals surface area contributed by atoms with Gasteiger partial charge in [-0.3, -0.25) is 19.6 Å². The van der Waals surface area contributed by atoms with Gasteiger partial charge in [-0.2, -0.15) is 5.26 Å². The van der Waals surface area contributed by atoms with E-state index in [-0.39, 0.29) is 17.4 Å². The summed E-state index contributed by atoms with van der Waals surface area (Å²) in [6, 6.07) is 8.70. The normalized spacial score (nSPS) is 11.0. The lowest BCUT2D eigenvalue weighted by Crippen LogP contribution is -2.23. The number of aliphatic imine (C=N–C) groups is 1. The zero-order chi connectivity index (χ0) is 23.6. The number of nitrogens with one attached hydrogen (secondary N) is 2. The molecule has 7 nitrogen and oxygen atoms in total. The Morgan fingerprint density at radius 1 is 1.32 bits per heavy atom. The molecule has 2 aromatic rings. The van der Waals surface area contributed by atoms with E-state index in [0.29, 0.717) is 27.0 Å². The maximum atomic E-state index is 12.3. The number of anilines is 1. The Bertz CT molecular complexity index is 1050. The largest absolute Gasteiger partial charge is 0.355 e. The van der Waals surface area contributed by atoms with E-state index in [1.54, 1.807) is 39.2 Å². The van der Waals surface area contributed by atoms with Crippen molar-refractivity contribution in [3.63, 3.8) is 0 Å². The highest BCUT2D eigenvalue weighted by atomic mass is 79.9. The Morgan fingerprint density at radius 2 is 2.00 bits per heavy atom. The Hall–Kier alpha value is -3.02. The van der Waals surface area contributed by atoms with Crippen LogP contribution in [0.15, 0.2) is 47.1 Å². The first-order chi connectivity index (χ1) is 14.6. The van der Waals surface area contributed by atoms with Crippen LogP contribution in [0, 0.1) is 25.2 Å². The molecule has 0 saturated carbocycles. The maximum Gasteiger partial charge on any atom is 0.253 e. The molecule has 0 unspecified atom stereocenters. The monoisotopic (exact) mass is 503 g/mol. The SMILES string of the molecule is CN=C(Br)/C=C(\C)C(=O)Nc1c(C)cc(C#N)cc1C(=O)NC.Cc1ncccc1Cl. The minimum Gasteiger partial charge on any atom is -0.355 e. The summed E-state index contributed by atoms with van der Waals surface area (Å²) < 4.78 is 0.535. The van der Waals surface area contributed by atoms with Gasteiger partial charge in [-0.25, -0.2) is 0 Å². The number of nitriles is 1. The Labute approximate surface area is 195 Å². The number of carbonyl (C=O) groups is 2. The molecule has 0 spiro atoms. The second-order valence-corrected chi connectivity index (χ2v) is 7.52. The summed E-state index contributed by atoms with van der Waals surface area (Å²) in [7, 11) is 3.09. The lowest BCUT2D eigenvalue weighted by atomic mass is 10.0. The minimum atomic E-state index is -0.376. The third-order valence-corrected chi connectivity index (χ3v) is 5.01. The highest BCUT2D eigenvalue weighted by Gasteiger charge is 2.17. The lowest BCUT2D eigenvalue weighted by molar-refractivity contribution is -0.112. The molecule has 0 atom stereocenters. The van der Waals surface area contributed by atoms with E-state index < -0.39 is 0 Å². The van der Waals surface area contributed by atoms with Crippen molar-refractivity contribution >= 4 is 49.7 Å². The molecule has 2 amide bonds. The molecule has 0 aliphatic rings. The fourth-order valence-corrected chi connectivity index (χ4v) is 2.78. The van der Waals surface area contributed by atoms with E-state index in [1.807, 2.05) is 25.1 Å². The van der Waals surface area contributed by atoms with Gasteiger partial charge in [0.2, 0.25) is 0 Å². The van der Waals surface area contributed by atoms with Crippen LogP contribution in [-0.4, -0.2) is 35.5 Å². The van der Waals surface area contributed by atoms with E-state index in [4.69, 9.17) is 16.9 Å². The quantitative estimate of drug-likeness (QED) is 0.469. The number of halogens is 2. The summed E-state index contributed by atoms with van der Waals surface area (Å²) in [6.45, 7) is 5.24. The van der Waals surface area contributed by atoms with E-state index in [9.17, 15) is 9.59 Å². The molecule has 2 N–H and O–H groups in total. The van der Waals surface area contributed by atoms with Crippen molar-refractivity contribution in [1.29, 1.82) is 5.26 Å². The smallest absolute Gasteiger partial charge is 0.253 e. The first-order valence-electron chi connectivity index (χ1n) is 9.10. The standard InChI is InChI=1S/C16H17BrN4O2.C6H6ClN/c1-9-5-11(8-18)7-12(16(23)20-4)14(9)21-15(22)10(2)6-13(17)19-3;1-5-6(7)3-2-4-8-5/h5-7H,1-4H3,(H,20,23)(H,21,22);2-4H,1H3/b10-6+,19-13?;. The van der Waals surface area contributed by atoms with Crippen molar-refractivity contribution in [2.24, 2.45) is 4.99 Å². The fourth-order valence-electron chi connectivity index (χ4n) is 2.32. The van der Waals surface area contributed by atoms with Crippen molar-refractivity contribution in [3.05, 3.63) is 69.5 Å². The Morgan fingerprint density at radius 3 is 2.48 bits per heavy atom. The molecule has 162 valence electrons. The summed E-state index contributed by atoms with van der Waals surface area (Å²) in [5.74, 6) is -0.734. The molecule has 0 aliphatic heterocycles. The number of hydrogen-bond acceptors (Lipinski definition) is 5. The summed E-state index contributed by atoms with van der Waals surface area (Å²) in [4.78, 5) is 32.1. The van der Waals surface area contributed by atoms with Gasteiger partial charge in [-0.15, -0.1) is 0 Å². The average molecular weight is 505 g/mol. The zero-order valence-electron chi connectivity index (χ0n) is 17.9. The van der Waals surface area contributed by atoms with Crippen molar-refractivity contribution in [2.75, 3.05) is 19.4 Å². The van der Waals surface area contributed by atoms with Crippen LogP contribution in [0.25, 0.3) is 0 Å². The first-order valence-corrected chi connectivity index (χ1v) is 10.3. The number of rotatable bonds is 4. The summed E-state index contributed by atoms with van der Waals surface area (Å²) in [5, 5.41) is 15.0. The molecule has 1 aromatic heterocycles. The Kier molecular flexibility index (Phi) is 10.6. The second kappa shape index (κ2) is 12.6. The van der Waals surface area contributed by atoms with Gasteiger partial charge in [0, 0.05) is 25.9 Å². The maximum absolute atomic E-state index is 12.3. The third kappa shape index (κ3) is 7.96. The van der Waals surface area contributed by atoms with Crippen LogP contribution in [-0.2, 0) is 4.79 Å². The fraction of sp³-hybridized carbons (Fsp3) is 0.227. The van der Waals surface area contributed by atoms with Crippen LogP contribution < -0.4 is 10.6 Å². The van der Waals surface area contributed by atoms with Crippen LogP contribution in [0.2, 0.25) is 5.02 Å². The summed E-state index contributed by atoms with van der Waals surface area (Å²) in [6.07, 6.45) is 3.30. The molecule has 0 fully saturated rings. The number of nitrogens with zero attached hydrogens (tertiary/aromatic N) is 3. The molecule has 0 aliphatic carbocycles. The van der Waals surface area contributed by atoms with Gasteiger partial charge in [-0.1, -0.05) is 11.6 Å². The molecular weight excluding hydrogens is 482 g/mol. The summed E-state index contributed by atoms with van der Waals surface area (Å²) in [5.41, 5.74) is 2.92. The predicted molar refractivity (Wildman–Crippen MR) is 128 cm³/mol. The Balaban J connectivity index is 0.000000500. The number of hydrogen-bond donors (Lipinski definition) is 2. The van der Waals surface area contributed by atoms with Crippen molar-refractivity contribution in [3.8, 4) is 6.07 Å². The molecule has 1 aromatic carbocycles. The van der Waals surface area contributed by atoms with Crippen LogP contribution >= 0.6 is 27.5 Å². The van der Waals surface area contributed by atoms with Gasteiger partial charge in [0.15, 0.2) is 0 Å². The topological polar surface area (TPSA) is 107 Å². The molecule has 0 bridgehead atoms. The van der Waals surface area contributed by atoms with Crippen LogP contribution in [0.5, 0.6) is 0 Å². The van der Waals surface area contributed by atoms with Crippen LogP contribution in [0.4, 0.5) is 5.69 Å². The van der Waals surface area contributed by atoms with E-state index in [0.717, 1.165) is 10.7 Å². The number of allylic oxidation sites excluding steroid dienone is 1. The lowest BCUT2D eigenvalue weighted by Gasteiger charge is -2.14. The number of pyridine rings is 1. The number of benzene rings is 1. The number of aromatic nitrogens is 1. The average Bonchev–Trinajstić information content (AvgIpc) is 2.76. The van der Waals surface area contributed by atoms with Crippen molar-refractivity contribution < 1.29 is 9.59 Å². The van der Waals surface area contributed by atoms with E-state index in [1.165, 1.54) is 13.1 Å². The number of amides is 2. The molecule has 0 radical (unpaired) electrons. The summed E-state index contributed by atoms with van der Waals surface area (Å²) >= 11 is 8.85. The van der Waals surface area contributed by atoms with Gasteiger partial charge in [0.1, 0.15) is 4.62 Å². The minimum absolute atomic E-state index is 0.244. The molecule has 2 rings (SSSR count). The van der Waals surface area contributed by atoms with E-state index in [2.05, 4.69) is 36.5 Å². The van der Waals surface area contributed by atoms with Crippen LogP contribution in [0.3, 0.4) is 0 Å². The van der Waals surface area contributed by atoms with Gasteiger partial charge < -0.3 is 10.6 Å². The first kappa shape index (κ1) is 26.0. The van der Waals surface area contributed by atoms with Crippen molar-refractivity contribution in [1.82, 2.24) is 10.3 Å². The molecular formula is C22H23BrClN5O2. The van der Waals surface area contributed by atoms with Gasteiger partial charge in [0.05, 0.1) is 33.6 Å². The van der Waals surface area contributed by atoms with Crippen molar-refractivity contribution in [2.45, 2.75) is 20.8 Å². The van der Waals surface area contributed by atoms with Crippen LogP contribution in [0.1, 0.15) is 34.1 Å². The molecule has 9 heteroatoms. The zero-order valence-corrected chi connectivity index (χ0v) is 20.2. The number of aryl methyl sites for hydroxylation is 2. The highest BCUT2D eigenvalue weighted by molar-refractivity contribution is 9.18.